The summed E-state index contributed by atoms with van der Waals surface area (Å²) in [5.41, 5.74) is 1.36. The van der Waals surface area contributed by atoms with Crippen LogP contribution in [0.2, 0.25) is 0 Å². The van der Waals surface area contributed by atoms with Gasteiger partial charge < -0.3 is 19.7 Å². The van der Waals surface area contributed by atoms with Crippen molar-refractivity contribution in [1.82, 2.24) is 10.2 Å². The molecule has 1 amide bonds. The van der Waals surface area contributed by atoms with E-state index in [2.05, 4.69) is 70.0 Å². The standard InChI is InChI=1S/C29H36N4O3/c1-5-35-23-16-19-33-25(21-10-7-6-8-11-21)24(31-26(33)30-23)20-12-14-22(15-13-20)29(17-9-18-29)32-27(34)36-28(2,3)4/h6-8,10,12-16,19,21,24-25H,5,9,11,17-18H2,1-4H3,(H,32,34). The molecule has 7 heteroatoms. The first-order valence-electron chi connectivity index (χ1n) is 13.0. The number of amides is 1. The molecule has 4 aliphatic rings. The predicted octanol–water partition coefficient (Wildman–Crippen LogP) is 5.77. The average molecular weight is 489 g/mol. The number of benzene rings is 1. The summed E-state index contributed by atoms with van der Waals surface area (Å²) in [6.45, 7) is 8.18. The first-order valence-corrected chi connectivity index (χ1v) is 13.0. The van der Waals surface area contributed by atoms with Gasteiger partial charge in [-0.2, -0.15) is 4.99 Å². The number of ether oxygens (including phenoxy) is 2. The van der Waals surface area contributed by atoms with Crippen LogP contribution in [-0.2, 0) is 15.0 Å². The third-order valence-corrected chi connectivity index (χ3v) is 7.21. The van der Waals surface area contributed by atoms with E-state index in [-0.39, 0.29) is 23.7 Å². The van der Waals surface area contributed by atoms with Crippen molar-refractivity contribution in [3.8, 4) is 0 Å². The number of nitrogens with zero attached hydrogens (tertiary/aromatic N) is 3. The third-order valence-electron chi connectivity index (χ3n) is 7.21. The summed E-state index contributed by atoms with van der Waals surface area (Å²) in [6, 6.07) is 8.68. The molecular weight excluding hydrogens is 452 g/mol. The second-order valence-corrected chi connectivity index (χ2v) is 10.9. The number of rotatable bonds is 5. The second kappa shape index (κ2) is 9.60. The summed E-state index contributed by atoms with van der Waals surface area (Å²) in [7, 11) is 0. The Balaban J connectivity index is 1.40. The minimum Gasteiger partial charge on any atom is -0.478 e. The van der Waals surface area contributed by atoms with E-state index in [1.807, 2.05) is 33.8 Å². The molecule has 0 radical (unpaired) electrons. The maximum atomic E-state index is 12.6. The largest absolute Gasteiger partial charge is 0.478 e. The fourth-order valence-corrected chi connectivity index (χ4v) is 5.39. The lowest BCUT2D eigenvalue weighted by Gasteiger charge is -2.43. The molecule has 36 heavy (non-hydrogen) atoms. The normalized spacial score (nSPS) is 26.0. The van der Waals surface area contributed by atoms with Crippen molar-refractivity contribution < 1.29 is 14.3 Å². The van der Waals surface area contributed by atoms with Gasteiger partial charge in [-0.15, -0.1) is 0 Å². The molecule has 0 saturated heterocycles. The molecule has 3 atom stereocenters. The second-order valence-electron chi connectivity index (χ2n) is 10.9. The van der Waals surface area contributed by atoms with Crippen LogP contribution in [0.25, 0.3) is 0 Å². The Bertz CT molecular complexity index is 1140. The van der Waals surface area contributed by atoms with Crippen molar-refractivity contribution in [2.45, 2.75) is 76.6 Å². The number of hydrogen-bond acceptors (Lipinski definition) is 6. The van der Waals surface area contributed by atoms with Crippen molar-refractivity contribution in [1.29, 1.82) is 0 Å². The molecule has 0 aromatic heterocycles. The number of fused-ring (bicyclic) bond motifs is 1. The lowest BCUT2D eigenvalue weighted by atomic mass is 9.71. The quantitative estimate of drug-likeness (QED) is 0.571. The van der Waals surface area contributed by atoms with Gasteiger partial charge in [-0.1, -0.05) is 48.6 Å². The van der Waals surface area contributed by atoms with Gasteiger partial charge in [0.15, 0.2) is 0 Å². The molecule has 3 unspecified atom stereocenters. The van der Waals surface area contributed by atoms with Gasteiger partial charge in [0.05, 0.1) is 18.2 Å². The Morgan fingerprint density at radius 3 is 2.58 bits per heavy atom. The van der Waals surface area contributed by atoms with Crippen LogP contribution in [0.3, 0.4) is 0 Å². The van der Waals surface area contributed by atoms with Crippen LogP contribution < -0.4 is 5.32 Å². The maximum absolute atomic E-state index is 12.6. The first-order chi connectivity index (χ1) is 17.3. The van der Waals surface area contributed by atoms with Crippen LogP contribution >= 0.6 is 0 Å². The number of guanidine groups is 1. The summed E-state index contributed by atoms with van der Waals surface area (Å²) in [5, 5.41) is 3.16. The van der Waals surface area contributed by atoms with Crippen LogP contribution in [0.5, 0.6) is 0 Å². The van der Waals surface area contributed by atoms with Gasteiger partial charge in [0.25, 0.3) is 0 Å². The summed E-state index contributed by atoms with van der Waals surface area (Å²) in [5.74, 6) is 1.62. The summed E-state index contributed by atoms with van der Waals surface area (Å²) in [4.78, 5) is 24.5. The molecule has 1 aromatic rings. The number of aliphatic imine (C=N–C) groups is 2. The number of nitrogens with one attached hydrogen (secondary N) is 1. The van der Waals surface area contributed by atoms with E-state index >= 15 is 0 Å². The summed E-state index contributed by atoms with van der Waals surface area (Å²) >= 11 is 0. The van der Waals surface area contributed by atoms with Crippen LogP contribution in [-0.4, -0.2) is 41.1 Å². The lowest BCUT2D eigenvalue weighted by molar-refractivity contribution is 0.0377. The van der Waals surface area contributed by atoms with Crippen LogP contribution in [0.1, 0.15) is 70.5 Å². The third kappa shape index (κ3) is 4.84. The highest BCUT2D eigenvalue weighted by Crippen LogP contribution is 2.44. The van der Waals surface area contributed by atoms with Crippen molar-refractivity contribution in [2.75, 3.05) is 6.61 Å². The topological polar surface area (TPSA) is 75.5 Å². The van der Waals surface area contributed by atoms with Crippen molar-refractivity contribution >= 4 is 18.0 Å². The van der Waals surface area contributed by atoms with Crippen LogP contribution in [0, 0.1) is 5.92 Å². The molecule has 1 fully saturated rings. The molecule has 5 rings (SSSR count). The molecule has 1 saturated carbocycles. The maximum Gasteiger partial charge on any atom is 0.408 e. The van der Waals surface area contributed by atoms with Gasteiger partial charge in [-0.05, 0) is 64.5 Å². The molecule has 2 heterocycles. The van der Waals surface area contributed by atoms with E-state index in [1.54, 1.807) is 0 Å². The SMILES string of the molecule is CCOC1=NC2=NC(c3ccc(C4(NC(=O)OC(C)(C)C)CCC4)cc3)C(C3C=CC=CC3)N2C=C1. The monoisotopic (exact) mass is 488 g/mol. The Morgan fingerprint density at radius 2 is 1.97 bits per heavy atom. The van der Waals surface area contributed by atoms with Gasteiger partial charge in [-0.25, -0.2) is 9.79 Å². The fourth-order valence-electron chi connectivity index (χ4n) is 5.39. The van der Waals surface area contributed by atoms with Gasteiger partial charge in [0.1, 0.15) is 11.6 Å². The molecule has 0 spiro atoms. The lowest BCUT2D eigenvalue weighted by Crippen LogP contribution is -2.52. The van der Waals surface area contributed by atoms with Crippen molar-refractivity contribution in [2.24, 2.45) is 15.9 Å². The molecule has 2 aliphatic carbocycles. The predicted molar refractivity (Wildman–Crippen MR) is 142 cm³/mol. The van der Waals surface area contributed by atoms with E-state index in [9.17, 15) is 4.79 Å². The average Bonchev–Trinajstić information content (AvgIpc) is 3.20. The van der Waals surface area contributed by atoms with Gasteiger partial charge in [-0.3, -0.25) is 0 Å². The van der Waals surface area contributed by atoms with E-state index in [4.69, 9.17) is 14.5 Å². The molecule has 190 valence electrons. The van der Waals surface area contributed by atoms with E-state index in [1.165, 1.54) is 0 Å². The number of hydrogen-bond donors (Lipinski definition) is 1. The van der Waals surface area contributed by atoms with Gasteiger partial charge in [0.2, 0.25) is 11.9 Å². The zero-order chi connectivity index (χ0) is 25.3. The molecule has 7 nitrogen and oxygen atoms in total. The summed E-state index contributed by atoms with van der Waals surface area (Å²) in [6.07, 6.45) is 16.2. The first kappa shape index (κ1) is 24.3. The van der Waals surface area contributed by atoms with Gasteiger partial charge in [0, 0.05) is 18.2 Å². The number of alkyl carbamates (subject to hydrolysis) is 1. The van der Waals surface area contributed by atoms with Crippen LogP contribution in [0.15, 0.2) is 70.8 Å². The Hall–Kier alpha value is -3.35. The number of carbonyl (C=O) groups is 1. The minimum atomic E-state index is -0.524. The molecule has 0 bridgehead atoms. The summed E-state index contributed by atoms with van der Waals surface area (Å²) < 4.78 is 11.2. The van der Waals surface area contributed by atoms with E-state index < -0.39 is 5.60 Å². The Morgan fingerprint density at radius 1 is 1.19 bits per heavy atom. The zero-order valence-corrected chi connectivity index (χ0v) is 21.6. The minimum absolute atomic E-state index is 0.0549. The highest BCUT2D eigenvalue weighted by Gasteiger charge is 2.43. The van der Waals surface area contributed by atoms with Gasteiger partial charge >= 0.3 is 6.09 Å². The van der Waals surface area contributed by atoms with E-state index in [0.29, 0.717) is 24.4 Å². The fraction of sp³-hybridized carbons (Fsp3) is 0.483. The van der Waals surface area contributed by atoms with Crippen molar-refractivity contribution in [3.05, 3.63) is 72.0 Å². The Kier molecular flexibility index (Phi) is 6.49. The zero-order valence-electron chi connectivity index (χ0n) is 21.6. The highest BCUT2D eigenvalue weighted by atomic mass is 16.6. The van der Waals surface area contributed by atoms with Crippen molar-refractivity contribution in [3.63, 3.8) is 0 Å². The number of carbonyl (C=O) groups excluding carboxylic acids is 1. The van der Waals surface area contributed by atoms with Crippen LogP contribution in [0.4, 0.5) is 4.79 Å². The molecule has 2 aliphatic heterocycles. The highest BCUT2D eigenvalue weighted by molar-refractivity contribution is 6.02. The smallest absolute Gasteiger partial charge is 0.408 e. The molecular formula is C29H36N4O3. The molecule has 1 aromatic carbocycles. The molecule has 1 N–H and O–H groups in total. The Labute approximate surface area is 213 Å². The number of allylic oxidation sites excluding steroid dienone is 3. The van der Waals surface area contributed by atoms with E-state index in [0.717, 1.165) is 36.8 Å².